The number of carbonyl (C=O) groups is 2. The molecule has 2 N–H and O–H groups in total. The quantitative estimate of drug-likeness (QED) is 0.417. The summed E-state index contributed by atoms with van der Waals surface area (Å²) in [7, 11) is 0. The van der Waals surface area contributed by atoms with Gasteiger partial charge in [-0.2, -0.15) is 0 Å². The first-order valence-electron chi connectivity index (χ1n) is 9.32. The van der Waals surface area contributed by atoms with Crippen molar-refractivity contribution in [2.45, 2.75) is 60.0 Å². The van der Waals surface area contributed by atoms with Crippen molar-refractivity contribution in [1.29, 1.82) is 0 Å². The Kier molecular flexibility index (Phi) is 8.52. The predicted octanol–water partition coefficient (Wildman–Crippen LogP) is 3.35. The summed E-state index contributed by atoms with van der Waals surface area (Å²) in [6, 6.07) is 10.2. The Balaban J connectivity index is 3.22. The molecule has 1 amide bonds. The number of rotatable bonds is 9. The molecule has 0 aliphatic carbocycles. The zero-order valence-corrected chi connectivity index (χ0v) is 17.0. The average Bonchev–Trinajstić information content (AvgIpc) is 2.58. The van der Waals surface area contributed by atoms with E-state index in [1.165, 1.54) is 6.92 Å². The van der Waals surface area contributed by atoms with E-state index in [1.54, 1.807) is 4.90 Å². The number of hydrogen-bond acceptors (Lipinski definition) is 4. The summed E-state index contributed by atoms with van der Waals surface area (Å²) < 4.78 is 0. The monoisotopic (exact) mass is 359 g/mol. The Labute approximate surface area is 157 Å². The van der Waals surface area contributed by atoms with Gasteiger partial charge in [0, 0.05) is 36.6 Å². The molecule has 1 aromatic rings. The van der Waals surface area contributed by atoms with Crippen LogP contribution in [0.15, 0.2) is 41.6 Å². The van der Waals surface area contributed by atoms with Gasteiger partial charge in [0.25, 0.3) is 5.91 Å². The van der Waals surface area contributed by atoms with E-state index in [0.29, 0.717) is 37.3 Å². The fourth-order valence-electron chi connectivity index (χ4n) is 3.11. The van der Waals surface area contributed by atoms with Gasteiger partial charge in [-0.05, 0) is 53.2 Å². The molecule has 1 aromatic carbocycles. The summed E-state index contributed by atoms with van der Waals surface area (Å²) in [5.74, 6) is -0.615. The van der Waals surface area contributed by atoms with Gasteiger partial charge in [-0.25, -0.2) is 0 Å². The summed E-state index contributed by atoms with van der Waals surface area (Å²) in [6.07, 6.45) is 0.466. The van der Waals surface area contributed by atoms with Gasteiger partial charge in [0.05, 0.1) is 0 Å². The molecular formula is C21H33N3O2. The first kappa shape index (κ1) is 21.9. The van der Waals surface area contributed by atoms with E-state index in [2.05, 4.69) is 32.6 Å². The highest BCUT2D eigenvalue weighted by atomic mass is 16.2. The van der Waals surface area contributed by atoms with Crippen molar-refractivity contribution in [2.75, 3.05) is 18.0 Å². The number of anilines is 1. The van der Waals surface area contributed by atoms with Gasteiger partial charge in [-0.15, -0.1) is 0 Å². The number of nitrogens with two attached hydrogens (primary N) is 1. The van der Waals surface area contributed by atoms with Crippen molar-refractivity contribution in [2.24, 2.45) is 5.73 Å². The van der Waals surface area contributed by atoms with Gasteiger partial charge in [-0.3, -0.25) is 14.5 Å². The molecule has 0 aliphatic rings. The summed E-state index contributed by atoms with van der Waals surface area (Å²) in [4.78, 5) is 29.3. The Hall–Kier alpha value is -2.14. The lowest BCUT2D eigenvalue weighted by Crippen LogP contribution is -2.45. The number of carbonyl (C=O) groups excluding carboxylic acids is 2. The van der Waals surface area contributed by atoms with Gasteiger partial charge in [-0.1, -0.05) is 25.1 Å². The maximum atomic E-state index is 13.2. The van der Waals surface area contributed by atoms with Crippen LogP contribution in [0.4, 0.5) is 5.69 Å². The standard InChI is InChI=1S/C21H33N3O2/c1-7-19(22)20(17(6)25)21(26)24(18-11-9-8-10-12-18)14-13-23(15(2)3)16(4)5/h8-12,15-16H,7,13-14,22H2,1-6H3/b20-19-. The Morgan fingerprint density at radius 3 is 1.96 bits per heavy atom. The zero-order chi connectivity index (χ0) is 19.9. The maximum Gasteiger partial charge on any atom is 0.263 e. The van der Waals surface area contributed by atoms with Crippen molar-refractivity contribution in [3.8, 4) is 0 Å². The Bertz CT molecular complexity index is 628. The number of allylic oxidation sites excluding steroid dienone is 1. The topological polar surface area (TPSA) is 66.6 Å². The molecule has 0 fully saturated rings. The summed E-state index contributed by atoms with van der Waals surface area (Å²) in [6.45, 7) is 13.0. The van der Waals surface area contributed by atoms with Gasteiger partial charge >= 0.3 is 0 Å². The average molecular weight is 360 g/mol. The minimum absolute atomic E-state index is 0.0944. The minimum atomic E-state index is -0.324. The van der Waals surface area contributed by atoms with Crippen LogP contribution in [0, 0.1) is 0 Å². The highest BCUT2D eigenvalue weighted by molar-refractivity contribution is 6.24. The molecule has 5 heteroatoms. The van der Waals surface area contributed by atoms with E-state index >= 15 is 0 Å². The molecule has 0 aliphatic heterocycles. The molecule has 0 radical (unpaired) electrons. The van der Waals surface area contributed by atoms with E-state index in [4.69, 9.17) is 5.73 Å². The Morgan fingerprint density at radius 1 is 1.00 bits per heavy atom. The highest BCUT2D eigenvalue weighted by Gasteiger charge is 2.26. The SMILES string of the molecule is CC/C(N)=C(\C(C)=O)C(=O)N(CCN(C(C)C)C(C)C)c1ccccc1. The second-order valence-electron chi connectivity index (χ2n) is 7.03. The molecule has 0 saturated heterocycles. The molecule has 0 bridgehead atoms. The third-order valence-corrected chi connectivity index (χ3v) is 4.49. The van der Waals surface area contributed by atoms with Gasteiger partial charge in [0.2, 0.25) is 0 Å². The van der Waals surface area contributed by atoms with Crippen molar-refractivity contribution in [3.05, 3.63) is 41.6 Å². The van der Waals surface area contributed by atoms with Crippen LogP contribution in [-0.4, -0.2) is 41.8 Å². The second kappa shape index (κ2) is 10.1. The summed E-state index contributed by atoms with van der Waals surface area (Å²) in [5, 5.41) is 0. The van der Waals surface area contributed by atoms with E-state index in [0.717, 1.165) is 5.69 Å². The molecule has 5 nitrogen and oxygen atoms in total. The van der Waals surface area contributed by atoms with Crippen LogP contribution in [0.3, 0.4) is 0 Å². The van der Waals surface area contributed by atoms with Crippen LogP contribution in [0.2, 0.25) is 0 Å². The molecule has 144 valence electrons. The third kappa shape index (κ3) is 5.70. The molecular weight excluding hydrogens is 326 g/mol. The molecule has 26 heavy (non-hydrogen) atoms. The highest BCUT2D eigenvalue weighted by Crippen LogP contribution is 2.19. The lowest BCUT2D eigenvalue weighted by Gasteiger charge is -2.33. The first-order valence-corrected chi connectivity index (χ1v) is 9.32. The molecule has 0 unspecified atom stereocenters. The normalized spacial score (nSPS) is 12.5. The van der Waals surface area contributed by atoms with Crippen LogP contribution in [0.5, 0.6) is 0 Å². The predicted molar refractivity (Wildman–Crippen MR) is 108 cm³/mol. The smallest absolute Gasteiger partial charge is 0.263 e. The molecule has 0 spiro atoms. The van der Waals surface area contributed by atoms with Crippen LogP contribution in [-0.2, 0) is 9.59 Å². The van der Waals surface area contributed by atoms with Crippen molar-refractivity contribution in [3.63, 3.8) is 0 Å². The first-order chi connectivity index (χ1) is 12.2. The van der Waals surface area contributed by atoms with Crippen LogP contribution in [0.1, 0.15) is 48.0 Å². The lowest BCUT2D eigenvalue weighted by molar-refractivity contribution is -0.120. The van der Waals surface area contributed by atoms with Crippen molar-refractivity contribution >= 4 is 17.4 Å². The summed E-state index contributed by atoms with van der Waals surface area (Å²) >= 11 is 0. The number of benzene rings is 1. The van der Waals surface area contributed by atoms with Crippen molar-refractivity contribution in [1.82, 2.24) is 4.90 Å². The van der Waals surface area contributed by atoms with E-state index in [1.807, 2.05) is 37.3 Å². The van der Waals surface area contributed by atoms with E-state index in [-0.39, 0.29) is 17.3 Å². The molecule has 0 atom stereocenters. The number of para-hydroxylation sites is 1. The number of amides is 1. The van der Waals surface area contributed by atoms with Gasteiger partial charge < -0.3 is 10.6 Å². The molecule has 0 aromatic heterocycles. The Morgan fingerprint density at radius 2 is 1.54 bits per heavy atom. The molecule has 1 rings (SSSR count). The molecule has 0 saturated carbocycles. The second-order valence-corrected chi connectivity index (χ2v) is 7.03. The van der Waals surface area contributed by atoms with Crippen LogP contribution < -0.4 is 10.6 Å². The zero-order valence-electron chi connectivity index (χ0n) is 17.0. The fraction of sp³-hybridized carbons (Fsp3) is 0.524. The van der Waals surface area contributed by atoms with Crippen LogP contribution >= 0.6 is 0 Å². The number of hydrogen-bond donors (Lipinski definition) is 1. The lowest BCUT2D eigenvalue weighted by atomic mass is 10.1. The van der Waals surface area contributed by atoms with Gasteiger partial charge in [0.15, 0.2) is 5.78 Å². The maximum absolute atomic E-state index is 13.2. The largest absolute Gasteiger partial charge is 0.401 e. The summed E-state index contributed by atoms with van der Waals surface area (Å²) in [5.41, 5.74) is 7.19. The minimum Gasteiger partial charge on any atom is -0.401 e. The number of Topliss-reactive ketones (excluding diaryl/α,β-unsaturated/α-hetero) is 1. The van der Waals surface area contributed by atoms with Gasteiger partial charge in [0.1, 0.15) is 5.57 Å². The van der Waals surface area contributed by atoms with Crippen molar-refractivity contribution < 1.29 is 9.59 Å². The molecule has 0 heterocycles. The van der Waals surface area contributed by atoms with Crippen LogP contribution in [0.25, 0.3) is 0 Å². The number of nitrogens with zero attached hydrogens (tertiary/aromatic N) is 2. The van der Waals surface area contributed by atoms with E-state index < -0.39 is 0 Å². The van der Waals surface area contributed by atoms with E-state index in [9.17, 15) is 9.59 Å². The number of ketones is 1. The fourth-order valence-corrected chi connectivity index (χ4v) is 3.11. The third-order valence-electron chi connectivity index (χ3n) is 4.49.